The van der Waals surface area contributed by atoms with E-state index in [1.807, 2.05) is 0 Å². The SMILES string of the molecule is Cc1cccc(CC/C=C/[C@@H]2[C@H]3CC(CCCCCN4CCCCC4)=C[C@H]3C[C@H]2O)c1. The Kier molecular flexibility index (Phi) is 8.44. The molecule has 0 aromatic heterocycles. The molecule has 2 aliphatic carbocycles. The van der Waals surface area contributed by atoms with Crippen molar-refractivity contribution in [3.8, 4) is 0 Å². The topological polar surface area (TPSA) is 23.5 Å². The molecule has 0 bridgehead atoms. The highest BCUT2D eigenvalue weighted by molar-refractivity contribution is 5.23. The number of likely N-dealkylation sites (tertiary alicyclic amines) is 1. The molecule has 3 aliphatic rings. The molecule has 1 saturated heterocycles. The van der Waals surface area contributed by atoms with Gasteiger partial charge in [-0.2, -0.15) is 0 Å². The fourth-order valence-electron chi connectivity index (χ4n) is 6.21. The molecule has 31 heavy (non-hydrogen) atoms. The molecule has 0 radical (unpaired) electrons. The van der Waals surface area contributed by atoms with E-state index in [4.69, 9.17) is 0 Å². The summed E-state index contributed by atoms with van der Waals surface area (Å²) in [6.07, 6.45) is 21.0. The van der Waals surface area contributed by atoms with Gasteiger partial charge in [-0.25, -0.2) is 0 Å². The number of nitrogens with zero attached hydrogens (tertiary/aromatic N) is 1. The third-order valence-electron chi connectivity index (χ3n) is 7.91. The predicted octanol–water partition coefficient (Wildman–Crippen LogP) is 6.47. The summed E-state index contributed by atoms with van der Waals surface area (Å²) in [4.78, 5) is 2.67. The van der Waals surface area contributed by atoms with Gasteiger partial charge in [-0.05, 0) is 102 Å². The van der Waals surface area contributed by atoms with Crippen molar-refractivity contribution in [3.63, 3.8) is 0 Å². The van der Waals surface area contributed by atoms with Crippen LogP contribution >= 0.6 is 0 Å². The largest absolute Gasteiger partial charge is 0.392 e. The lowest BCUT2D eigenvalue weighted by molar-refractivity contribution is 0.141. The highest BCUT2D eigenvalue weighted by Gasteiger charge is 2.43. The van der Waals surface area contributed by atoms with Crippen molar-refractivity contribution in [1.82, 2.24) is 4.90 Å². The number of benzene rings is 1. The van der Waals surface area contributed by atoms with E-state index in [1.165, 1.54) is 82.1 Å². The fourth-order valence-corrected chi connectivity index (χ4v) is 6.21. The molecule has 1 aromatic rings. The lowest BCUT2D eigenvalue weighted by Gasteiger charge is -2.26. The van der Waals surface area contributed by atoms with Crippen LogP contribution in [0.5, 0.6) is 0 Å². The van der Waals surface area contributed by atoms with Gasteiger partial charge in [-0.15, -0.1) is 0 Å². The summed E-state index contributed by atoms with van der Waals surface area (Å²) in [5, 5.41) is 10.6. The van der Waals surface area contributed by atoms with E-state index in [2.05, 4.69) is 54.3 Å². The number of piperidine rings is 1. The quantitative estimate of drug-likeness (QED) is 0.345. The average Bonchev–Trinajstić information content (AvgIpc) is 3.28. The molecule has 1 heterocycles. The summed E-state index contributed by atoms with van der Waals surface area (Å²) in [6, 6.07) is 8.82. The van der Waals surface area contributed by atoms with Crippen molar-refractivity contribution in [2.24, 2.45) is 17.8 Å². The molecule has 2 fully saturated rings. The third-order valence-corrected chi connectivity index (χ3v) is 7.91. The zero-order valence-electron chi connectivity index (χ0n) is 19.6. The number of aliphatic hydroxyl groups excluding tert-OH is 1. The number of allylic oxidation sites excluding steroid dienone is 3. The molecule has 2 nitrogen and oxygen atoms in total. The first-order chi connectivity index (χ1) is 15.2. The summed E-state index contributed by atoms with van der Waals surface area (Å²) in [6.45, 7) is 6.13. The van der Waals surface area contributed by atoms with Crippen molar-refractivity contribution in [1.29, 1.82) is 0 Å². The number of fused-ring (bicyclic) bond motifs is 1. The normalized spacial score (nSPS) is 28.9. The Bertz CT molecular complexity index is 745. The zero-order chi connectivity index (χ0) is 21.5. The third kappa shape index (κ3) is 6.56. The van der Waals surface area contributed by atoms with Crippen LogP contribution in [0.15, 0.2) is 48.1 Å². The van der Waals surface area contributed by atoms with Gasteiger partial charge < -0.3 is 10.0 Å². The number of aliphatic hydroxyl groups is 1. The van der Waals surface area contributed by atoms with Crippen LogP contribution in [0.2, 0.25) is 0 Å². The molecule has 170 valence electrons. The van der Waals surface area contributed by atoms with Crippen LogP contribution in [0.1, 0.15) is 75.3 Å². The molecule has 1 aromatic carbocycles. The van der Waals surface area contributed by atoms with E-state index < -0.39 is 0 Å². The van der Waals surface area contributed by atoms with Gasteiger partial charge in [0.15, 0.2) is 0 Å². The smallest absolute Gasteiger partial charge is 0.0611 e. The van der Waals surface area contributed by atoms with Gasteiger partial charge in [-0.1, -0.05) is 66.5 Å². The number of hydrogen-bond donors (Lipinski definition) is 1. The Labute approximate surface area is 190 Å². The monoisotopic (exact) mass is 421 g/mol. The van der Waals surface area contributed by atoms with Crippen molar-refractivity contribution >= 4 is 0 Å². The van der Waals surface area contributed by atoms with E-state index in [0.717, 1.165) is 19.3 Å². The molecule has 0 unspecified atom stereocenters. The van der Waals surface area contributed by atoms with Crippen LogP contribution in [-0.2, 0) is 6.42 Å². The van der Waals surface area contributed by atoms with E-state index >= 15 is 0 Å². The van der Waals surface area contributed by atoms with Crippen LogP contribution < -0.4 is 0 Å². The molecule has 0 spiro atoms. The van der Waals surface area contributed by atoms with Gasteiger partial charge >= 0.3 is 0 Å². The molecular formula is C29H43NO. The van der Waals surface area contributed by atoms with Gasteiger partial charge in [0, 0.05) is 5.92 Å². The second kappa shape index (κ2) is 11.5. The first-order valence-corrected chi connectivity index (χ1v) is 13.0. The molecule has 4 rings (SSSR count). The maximum Gasteiger partial charge on any atom is 0.0611 e. The summed E-state index contributed by atoms with van der Waals surface area (Å²) in [7, 11) is 0. The molecular weight excluding hydrogens is 378 g/mol. The van der Waals surface area contributed by atoms with Gasteiger partial charge in [0.2, 0.25) is 0 Å². The Hall–Kier alpha value is -1.38. The Morgan fingerprint density at radius 2 is 1.94 bits per heavy atom. The second-order valence-electron chi connectivity index (χ2n) is 10.4. The van der Waals surface area contributed by atoms with Crippen LogP contribution in [0.3, 0.4) is 0 Å². The predicted molar refractivity (Wildman–Crippen MR) is 131 cm³/mol. The molecule has 1 aliphatic heterocycles. The fraction of sp³-hybridized carbons (Fsp3) is 0.655. The summed E-state index contributed by atoms with van der Waals surface area (Å²) in [5.74, 6) is 1.62. The Morgan fingerprint density at radius 3 is 2.77 bits per heavy atom. The number of unbranched alkanes of at least 4 members (excludes halogenated alkanes) is 2. The Balaban J connectivity index is 1.16. The van der Waals surface area contributed by atoms with Crippen LogP contribution in [0, 0.1) is 24.7 Å². The van der Waals surface area contributed by atoms with Gasteiger partial charge in [-0.3, -0.25) is 0 Å². The van der Waals surface area contributed by atoms with Crippen molar-refractivity contribution < 1.29 is 5.11 Å². The van der Waals surface area contributed by atoms with Crippen LogP contribution in [-0.4, -0.2) is 35.7 Å². The average molecular weight is 422 g/mol. The molecule has 0 amide bonds. The van der Waals surface area contributed by atoms with Crippen LogP contribution in [0.25, 0.3) is 0 Å². The Morgan fingerprint density at radius 1 is 1.06 bits per heavy atom. The maximum atomic E-state index is 10.6. The van der Waals surface area contributed by atoms with E-state index in [0.29, 0.717) is 17.8 Å². The summed E-state index contributed by atoms with van der Waals surface area (Å²) < 4.78 is 0. The summed E-state index contributed by atoms with van der Waals surface area (Å²) >= 11 is 0. The lowest BCUT2D eigenvalue weighted by atomic mass is 9.88. The van der Waals surface area contributed by atoms with E-state index in [9.17, 15) is 5.11 Å². The van der Waals surface area contributed by atoms with Crippen molar-refractivity contribution in [3.05, 3.63) is 59.2 Å². The van der Waals surface area contributed by atoms with Gasteiger partial charge in [0.25, 0.3) is 0 Å². The first-order valence-electron chi connectivity index (χ1n) is 13.0. The van der Waals surface area contributed by atoms with Gasteiger partial charge in [0.1, 0.15) is 0 Å². The second-order valence-corrected chi connectivity index (χ2v) is 10.4. The lowest BCUT2D eigenvalue weighted by Crippen LogP contribution is -2.30. The standard InChI is InChI=1S/C29H43NO/c1-23-11-10-14-24(19-23)12-5-6-15-27-28-21-25(20-26(28)22-29(27)31)13-4-2-7-16-30-17-8-3-9-18-30/h6,10-11,14-15,19-20,26-29,31H,2-5,7-9,12-13,16-18,21-22H2,1H3/b15-6+/t26-,27+,28-,29+/m0/s1. The maximum absolute atomic E-state index is 10.6. The number of rotatable bonds is 10. The highest BCUT2D eigenvalue weighted by Crippen LogP contribution is 2.48. The molecule has 1 saturated carbocycles. The summed E-state index contributed by atoms with van der Waals surface area (Å²) in [5.41, 5.74) is 4.43. The molecule has 4 atom stereocenters. The van der Waals surface area contributed by atoms with Crippen LogP contribution in [0.4, 0.5) is 0 Å². The minimum Gasteiger partial charge on any atom is -0.392 e. The number of aryl methyl sites for hydroxylation is 2. The van der Waals surface area contributed by atoms with E-state index in [-0.39, 0.29) is 6.10 Å². The first kappa shape index (κ1) is 22.8. The minimum atomic E-state index is -0.146. The molecule has 1 N–H and O–H groups in total. The zero-order valence-corrected chi connectivity index (χ0v) is 19.6. The molecule has 2 heteroatoms. The van der Waals surface area contributed by atoms with E-state index in [1.54, 1.807) is 5.57 Å². The minimum absolute atomic E-state index is 0.146. The number of hydrogen-bond acceptors (Lipinski definition) is 2. The van der Waals surface area contributed by atoms with Crippen molar-refractivity contribution in [2.75, 3.05) is 19.6 Å². The highest BCUT2D eigenvalue weighted by atomic mass is 16.3. The van der Waals surface area contributed by atoms with Gasteiger partial charge in [0.05, 0.1) is 6.10 Å². The van der Waals surface area contributed by atoms with Crippen molar-refractivity contribution in [2.45, 2.75) is 83.7 Å².